The van der Waals surface area contributed by atoms with Gasteiger partial charge in [-0.1, -0.05) is 40.9 Å². The Hall–Kier alpha value is -2.60. The SMILES string of the molecule is CCOc1ccc(NCc2ccc(OCC(=O)Nc3ccc(Cl)c(Cl)c3)c(Cl)c2)cc1. The fourth-order valence-corrected chi connectivity index (χ4v) is 3.28. The maximum atomic E-state index is 12.1. The van der Waals surface area contributed by atoms with Gasteiger partial charge in [0.1, 0.15) is 11.5 Å². The second kappa shape index (κ2) is 11.1. The van der Waals surface area contributed by atoms with Crippen LogP contribution >= 0.6 is 34.8 Å². The van der Waals surface area contributed by atoms with Crippen molar-refractivity contribution < 1.29 is 14.3 Å². The lowest BCUT2D eigenvalue weighted by Crippen LogP contribution is -2.20. The average molecular weight is 480 g/mol. The molecule has 0 saturated carbocycles. The Labute approximate surface area is 196 Å². The van der Waals surface area contributed by atoms with Gasteiger partial charge in [0.05, 0.1) is 21.7 Å². The van der Waals surface area contributed by atoms with Crippen LogP contribution in [0.1, 0.15) is 12.5 Å². The van der Waals surface area contributed by atoms with Gasteiger partial charge in [0, 0.05) is 17.9 Å². The third-order valence-corrected chi connectivity index (χ3v) is 5.25. The van der Waals surface area contributed by atoms with Crippen LogP contribution in [0, 0.1) is 0 Å². The van der Waals surface area contributed by atoms with E-state index < -0.39 is 0 Å². The molecule has 0 aliphatic carbocycles. The van der Waals surface area contributed by atoms with E-state index >= 15 is 0 Å². The number of carbonyl (C=O) groups excluding carboxylic acids is 1. The molecule has 0 saturated heterocycles. The molecule has 0 fully saturated rings. The maximum Gasteiger partial charge on any atom is 0.262 e. The van der Waals surface area contributed by atoms with E-state index in [0.717, 1.165) is 17.0 Å². The van der Waals surface area contributed by atoms with Crippen molar-refractivity contribution in [2.45, 2.75) is 13.5 Å². The van der Waals surface area contributed by atoms with Crippen molar-refractivity contribution in [1.29, 1.82) is 0 Å². The van der Waals surface area contributed by atoms with Crippen molar-refractivity contribution in [3.63, 3.8) is 0 Å². The molecule has 0 heterocycles. The summed E-state index contributed by atoms with van der Waals surface area (Å²) < 4.78 is 11.0. The minimum atomic E-state index is -0.337. The highest BCUT2D eigenvalue weighted by molar-refractivity contribution is 6.42. The van der Waals surface area contributed by atoms with Gasteiger partial charge in [-0.2, -0.15) is 0 Å². The fraction of sp³-hybridized carbons (Fsp3) is 0.174. The van der Waals surface area contributed by atoms with Crippen LogP contribution in [0.25, 0.3) is 0 Å². The molecule has 3 rings (SSSR count). The molecule has 0 aliphatic heterocycles. The predicted octanol–water partition coefficient (Wildman–Crippen LogP) is 6.68. The number of ether oxygens (including phenoxy) is 2. The first-order chi connectivity index (χ1) is 14.9. The molecule has 0 aliphatic rings. The zero-order chi connectivity index (χ0) is 22.2. The Balaban J connectivity index is 1.50. The summed E-state index contributed by atoms with van der Waals surface area (Å²) in [5.41, 5.74) is 2.48. The second-order valence-electron chi connectivity index (χ2n) is 6.54. The molecule has 0 aromatic heterocycles. The average Bonchev–Trinajstić information content (AvgIpc) is 2.75. The van der Waals surface area contributed by atoms with E-state index in [1.54, 1.807) is 30.3 Å². The molecule has 0 bridgehead atoms. The molecule has 31 heavy (non-hydrogen) atoms. The van der Waals surface area contributed by atoms with Crippen LogP contribution in [-0.4, -0.2) is 19.1 Å². The Bertz CT molecular complexity index is 1040. The molecular formula is C23H21Cl3N2O3. The summed E-state index contributed by atoms with van der Waals surface area (Å²) in [6, 6.07) is 18.0. The second-order valence-corrected chi connectivity index (χ2v) is 7.76. The topological polar surface area (TPSA) is 59.6 Å². The van der Waals surface area contributed by atoms with E-state index in [4.69, 9.17) is 44.3 Å². The first kappa shape index (κ1) is 23.1. The molecular weight excluding hydrogens is 459 g/mol. The fourth-order valence-electron chi connectivity index (χ4n) is 2.73. The number of hydrogen-bond donors (Lipinski definition) is 2. The Morgan fingerprint density at radius 2 is 1.58 bits per heavy atom. The van der Waals surface area contributed by atoms with Gasteiger partial charge >= 0.3 is 0 Å². The van der Waals surface area contributed by atoms with Crippen LogP contribution in [-0.2, 0) is 11.3 Å². The third kappa shape index (κ3) is 6.96. The number of benzene rings is 3. The predicted molar refractivity (Wildman–Crippen MR) is 127 cm³/mol. The lowest BCUT2D eigenvalue weighted by atomic mass is 10.2. The number of amides is 1. The van der Waals surface area contributed by atoms with Crippen molar-refractivity contribution >= 4 is 52.1 Å². The van der Waals surface area contributed by atoms with E-state index in [0.29, 0.717) is 39.7 Å². The van der Waals surface area contributed by atoms with Crippen LogP contribution in [0.3, 0.4) is 0 Å². The third-order valence-electron chi connectivity index (χ3n) is 4.22. The lowest BCUT2D eigenvalue weighted by Gasteiger charge is -2.12. The highest BCUT2D eigenvalue weighted by atomic mass is 35.5. The van der Waals surface area contributed by atoms with E-state index in [2.05, 4.69) is 10.6 Å². The Kier molecular flexibility index (Phi) is 8.29. The standard InChI is InChI=1S/C23H21Cl3N2O3/c1-2-30-18-7-4-16(5-8-18)27-13-15-3-10-22(21(26)11-15)31-14-23(29)28-17-6-9-19(24)20(25)12-17/h3-12,27H,2,13-14H2,1H3,(H,28,29). The van der Waals surface area contributed by atoms with Crippen LogP contribution in [0.2, 0.25) is 15.1 Å². The van der Waals surface area contributed by atoms with Gasteiger partial charge < -0.3 is 20.1 Å². The molecule has 3 aromatic carbocycles. The summed E-state index contributed by atoms with van der Waals surface area (Å²) in [4.78, 5) is 12.1. The summed E-state index contributed by atoms with van der Waals surface area (Å²) in [5, 5.41) is 7.22. The largest absolute Gasteiger partial charge is 0.494 e. The van der Waals surface area contributed by atoms with Crippen molar-refractivity contribution in [2.24, 2.45) is 0 Å². The van der Waals surface area contributed by atoms with E-state index in [-0.39, 0.29) is 12.5 Å². The summed E-state index contributed by atoms with van der Waals surface area (Å²) in [6.45, 7) is 2.98. The monoisotopic (exact) mass is 478 g/mol. The van der Waals surface area contributed by atoms with Gasteiger partial charge in [0.2, 0.25) is 0 Å². The normalized spacial score (nSPS) is 10.5. The first-order valence-corrected chi connectivity index (χ1v) is 10.7. The van der Waals surface area contributed by atoms with Gasteiger partial charge in [-0.3, -0.25) is 4.79 Å². The molecule has 0 spiro atoms. The minimum absolute atomic E-state index is 0.191. The molecule has 162 valence electrons. The first-order valence-electron chi connectivity index (χ1n) is 9.57. The lowest BCUT2D eigenvalue weighted by molar-refractivity contribution is -0.118. The van der Waals surface area contributed by atoms with Gasteiger partial charge in [-0.25, -0.2) is 0 Å². The highest BCUT2D eigenvalue weighted by Gasteiger charge is 2.09. The number of hydrogen-bond acceptors (Lipinski definition) is 4. The molecule has 0 radical (unpaired) electrons. The molecule has 5 nitrogen and oxygen atoms in total. The number of halogens is 3. The van der Waals surface area contributed by atoms with Crippen LogP contribution < -0.4 is 20.1 Å². The summed E-state index contributed by atoms with van der Waals surface area (Å²) >= 11 is 18.1. The molecule has 2 N–H and O–H groups in total. The smallest absolute Gasteiger partial charge is 0.262 e. The van der Waals surface area contributed by atoms with E-state index in [1.807, 2.05) is 37.3 Å². The van der Waals surface area contributed by atoms with Crippen molar-refractivity contribution in [1.82, 2.24) is 0 Å². The van der Waals surface area contributed by atoms with E-state index in [1.165, 1.54) is 0 Å². The number of anilines is 2. The van der Waals surface area contributed by atoms with Gasteiger partial charge in [0.25, 0.3) is 5.91 Å². The number of nitrogens with one attached hydrogen (secondary N) is 2. The minimum Gasteiger partial charge on any atom is -0.494 e. The van der Waals surface area contributed by atoms with Crippen molar-refractivity contribution in [3.8, 4) is 11.5 Å². The number of rotatable bonds is 9. The van der Waals surface area contributed by atoms with Gasteiger partial charge in [0.15, 0.2) is 6.61 Å². The number of carbonyl (C=O) groups is 1. The van der Waals surface area contributed by atoms with Gasteiger partial charge in [-0.15, -0.1) is 0 Å². The van der Waals surface area contributed by atoms with Crippen LogP contribution in [0.15, 0.2) is 60.7 Å². The Morgan fingerprint density at radius 3 is 2.26 bits per heavy atom. The van der Waals surface area contributed by atoms with Crippen molar-refractivity contribution in [3.05, 3.63) is 81.3 Å². The zero-order valence-corrected chi connectivity index (χ0v) is 19.0. The van der Waals surface area contributed by atoms with E-state index in [9.17, 15) is 4.79 Å². The maximum absolute atomic E-state index is 12.1. The molecule has 3 aromatic rings. The molecule has 1 amide bonds. The summed E-state index contributed by atoms with van der Waals surface area (Å²) in [5.74, 6) is 0.923. The Morgan fingerprint density at radius 1 is 0.839 bits per heavy atom. The highest BCUT2D eigenvalue weighted by Crippen LogP contribution is 2.27. The quantitative estimate of drug-likeness (QED) is 0.359. The molecule has 0 unspecified atom stereocenters. The molecule has 0 atom stereocenters. The van der Waals surface area contributed by atoms with Crippen LogP contribution in [0.5, 0.6) is 11.5 Å². The van der Waals surface area contributed by atoms with Crippen LogP contribution in [0.4, 0.5) is 11.4 Å². The summed E-state index contributed by atoms with van der Waals surface area (Å²) in [6.07, 6.45) is 0. The van der Waals surface area contributed by atoms with Crippen molar-refractivity contribution in [2.75, 3.05) is 23.8 Å². The zero-order valence-electron chi connectivity index (χ0n) is 16.8. The summed E-state index contributed by atoms with van der Waals surface area (Å²) in [7, 11) is 0. The molecule has 8 heteroatoms. The van der Waals surface area contributed by atoms with Gasteiger partial charge in [-0.05, 0) is 67.1 Å².